The number of piperazine rings is 1. The maximum absolute atomic E-state index is 12.1. The third-order valence-electron chi connectivity index (χ3n) is 5.06. The summed E-state index contributed by atoms with van der Waals surface area (Å²) >= 11 is 0. The van der Waals surface area contributed by atoms with Gasteiger partial charge in [-0.1, -0.05) is 23.8 Å². The van der Waals surface area contributed by atoms with E-state index in [4.69, 9.17) is 0 Å². The number of benzene rings is 1. The third kappa shape index (κ3) is 5.58. The zero-order valence-corrected chi connectivity index (χ0v) is 15.3. The van der Waals surface area contributed by atoms with Gasteiger partial charge in [0.05, 0.1) is 0 Å². The van der Waals surface area contributed by atoms with Crippen molar-refractivity contribution in [3.8, 4) is 0 Å². The molecule has 136 valence electrons. The number of nitrogens with zero attached hydrogens (tertiary/aromatic N) is 2. The first-order chi connectivity index (χ1) is 12.2. The van der Waals surface area contributed by atoms with Gasteiger partial charge in [0.25, 0.3) is 0 Å². The molecule has 0 aliphatic carbocycles. The topological polar surface area (TPSA) is 47.6 Å². The lowest BCUT2D eigenvalue weighted by molar-refractivity contribution is -0.121. The molecule has 0 radical (unpaired) electrons. The number of hydrogen-bond donors (Lipinski definition) is 2. The summed E-state index contributed by atoms with van der Waals surface area (Å²) in [5.41, 5.74) is 3.96. The van der Waals surface area contributed by atoms with Crippen molar-refractivity contribution in [1.82, 2.24) is 15.5 Å². The molecule has 1 aromatic carbocycles. The lowest BCUT2D eigenvalue weighted by Gasteiger charge is -2.36. The van der Waals surface area contributed by atoms with E-state index in [1.165, 1.54) is 16.8 Å². The molecule has 25 heavy (non-hydrogen) atoms. The van der Waals surface area contributed by atoms with Crippen LogP contribution in [0.15, 0.2) is 35.9 Å². The van der Waals surface area contributed by atoms with Crippen LogP contribution in [-0.2, 0) is 4.79 Å². The number of carbonyl (C=O) groups is 1. The van der Waals surface area contributed by atoms with Gasteiger partial charge in [0.15, 0.2) is 0 Å². The van der Waals surface area contributed by atoms with Crippen molar-refractivity contribution in [3.63, 3.8) is 0 Å². The first-order valence-corrected chi connectivity index (χ1v) is 9.40. The highest BCUT2D eigenvalue weighted by atomic mass is 16.1. The molecule has 1 fully saturated rings. The summed E-state index contributed by atoms with van der Waals surface area (Å²) < 4.78 is 0. The molecule has 1 aromatic rings. The molecule has 3 rings (SSSR count). The Hall–Kier alpha value is -1.85. The summed E-state index contributed by atoms with van der Waals surface area (Å²) in [7, 11) is 0. The van der Waals surface area contributed by atoms with Gasteiger partial charge in [0.1, 0.15) is 0 Å². The second kappa shape index (κ2) is 9.02. The van der Waals surface area contributed by atoms with E-state index >= 15 is 0 Å². The summed E-state index contributed by atoms with van der Waals surface area (Å²) in [5.74, 6) is 0.167. The minimum absolute atomic E-state index is 0.167. The number of aryl methyl sites for hydroxylation is 1. The normalized spacial score (nSPS) is 18.8. The van der Waals surface area contributed by atoms with Crippen LogP contribution < -0.4 is 15.5 Å². The Balaban J connectivity index is 1.34. The fourth-order valence-corrected chi connectivity index (χ4v) is 3.44. The third-order valence-corrected chi connectivity index (χ3v) is 5.06. The minimum Gasteiger partial charge on any atom is -0.369 e. The number of amides is 1. The first kappa shape index (κ1) is 18.0. The van der Waals surface area contributed by atoms with E-state index in [0.29, 0.717) is 13.0 Å². The molecule has 0 unspecified atom stereocenters. The van der Waals surface area contributed by atoms with Crippen LogP contribution in [0.25, 0.3) is 0 Å². The van der Waals surface area contributed by atoms with Crippen LogP contribution >= 0.6 is 0 Å². The lowest BCUT2D eigenvalue weighted by atomic mass is 10.1. The van der Waals surface area contributed by atoms with E-state index in [9.17, 15) is 4.79 Å². The van der Waals surface area contributed by atoms with Crippen LogP contribution in [-0.4, -0.2) is 63.2 Å². The molecule has 1 amide bonds. The van der Waals surface area contributed by atoms with Crippen LogP contribution in [0.4, 0.5) is 5.69 Å². The highest BCUT2D eigenvalue weighted by Gasteiger charge is 2.18. The molecule has 0 aromatic heterocycles. The Morgan fingerprint density at radius 3 is 2.80 bits per heavy atom. The highest BCUT2D eigenvalue weighted by Crippen LogP contribution is 2.17. The molecular weight excluding hydrogens is 312 g/mol. The SMILES string of the molecule is Cc1cccc(N2CCN(CCC(=O)NCC3=CCNCC3)CC2)c1. The van der Waals surface area contributed by atoms with E-state index in [-0.39, 0.29) is 5.91 Å². The van der Waals surface area contributed by atoms with E-state index in [1.807, 2.05) is 0 Å². The molecule has 5 nitrogen and oxygen atoms in total. The van der Waals surface area contributed by atoms with Crippen LogP contribution in [0.2, 0.25) is 0 Å². The molecule has 2 heterocycles. The van der Waals surface area contributed by atoms with Gasteiger partial charge < -0.3 is 15.5 Å². The molecule has 5 heteroatoms. The van der Waals surface area contributed by atoms with Crippen LogP contribution in [0.1, 0.15) is 18.4 Å². The van der Waals surface area contributed by atoms with E-state index in [1.54, 1.807) is 0 Å². The molecule has 0 atom stereocenters. The van der Waals surface area contributed by atoms with E-state index < -0.39 is 0 Å². The zero-order chi connectivity index (χ0) is 17.5. The summed E-state index contributed by atoms with van der Waals surface area (Å²) in [5, 5.41) is 6.35. The molecule has 0 spiro atoms. The van der Waals surface area contributed by atoms with E-state index in [2.05, 4.69) is 57.7 Å². The predicted molar refractivity (Wildman–Crippen MR) is 103 cm³/mol. The van der Waals surface area contributed by atoms with Crippen molar-refractivity contribution in [2.24, 2.45) is 0 Å². The number of hydrogen-bond acceptors (Lipinski definition) is 4. The largest absolute Gasteiger partial charge is 0.369 e. The maximum atomic E-state index is 12.1. The smallest absolute Gasteiger partial charge is 0.221 e. The maximum Gasteiger partial charge on any atom is 0.221 e. The molecule has 0 bridgehead atoms. The van der Waals surface area contributed by atoms with Crippen molar-refractivity contribution >= 4 is 11.6 Å². The molecule has 0 saturated carbocycles. The van der Waals surface area contributed by atoms with Gasteiger partial charge in [-0.05, 0) is 37.6 Å². The van der Waals surface area contributed by atoms with Gasteiger partial charge in [-0.15, -0.1) is 0 Å². The van der Waals surface area contributed by atoms with Crippen molar-refractivity contribution in [3.05, 3.63) is 41.5 Å². The van der Waals surface area contributed by atoms with Gasteiger partial charge in [-0.25, -0.2) is 0 Å². The Labute approximate surface area is 151 Å². The fraction of sp³-hybridized carbons (Fsp3) is 0.550. The molecule has 1 saturated heterocycles. The van der Waals surface area contributed by atoms with Crippen LogP contribution in [0.3, 0.4) is 0 Å². The Bertz CT molecular complexity index is 605. The quantitative estimate of drug-likeness (QED) is 0.770. The molecule has 2 aliphatic rings. The molecular formula is C20H30N4O. The van der Waals surface area contributed by atoms with Crippen LogP contribution in [0, 0.1) is 6.92 Å². The predicted octanol–water partition coefficient (Wildman–Crippen LogP) is 1.54. The summed E-state index contributed by atoms with van der Waals surface area (Å²) in [6.45, 7) is 9.77. The van der Waals surface area contributed by atoms with Crippen molar-refractivity contribution < 1.29 is 4.79 Å². The Morgan fingerprint density at radius 2 is 2.08 bits per heavy atom. The number of nitrogens with one attached hydrogen (secondary N) is 2. The van der Waals surface area contributed by atoms with Gasteiger partial charge >= 0.3 is 0 Å². The summed E-state index contributed by atoms with van der Waals surface area (Å²) in [6, 6.07) is 8.70. The van der Waals surface area contributed by atoms with Crippen molar-refractivity contribution in [2.45, 2.75) is 19.8 Å². The number of rotatable bonds is 6. The monoisotopic (exact) mass is 342 g/mol. The number of carbonyl (C=O) groups excluding carboxylic acids is 1. The lowest BCUT2D eigenvalue weighted by Crippen LogP contribution is -2.47. The van der Waals surface area contributed by atoms with Gasteiger partial charge in [-0.2, -0.15) is 0 Å². The first-order valence-electron chi connectivity index (χ1n) is 9.40. The van der Waals surface area contributed by atoms with Crippen LogP contribution in [0.5, 0.6) is 0 Å². The zero-order valence-electron chi connectivity index (χ0n) is 15.3. The van der Waals surface area contributed by atoms with Gasteiger partial charge in [0.2, 0.25) is 5.91 Å². The Kier molecular flexibility index (Phi) is 6.48. The van der Waals surface area contributed by atoms with Crippen molar-refractivity contribution in [1.29, 1.82) is 0 Å². The molecule has 2 aliphatic heterocycles. The number of anilines is 1. The second-order valence-electron chi connectivity index (χ2n) is 7.01. The molecule has 2 N–H and O–H groups in total. The summed E-state index contributed by atoms with van der Waals surface area (Å²) in [4.78, 5) is 16.9. The van der Waals surface area contributed by atoms with Gasteiger partial charge in [-0.3, -0.25) is 9.69 Å². The van der Waals surface area contributed by atoms with Gasteiger partial charge in [0, 0.05) is 57.9 Å². The average molecular weight is 342 g/mol. The summed E-state index contributed by atoms with van der Waals surface area (Å²) in [6.07, 6.45) is 3.82. The standard InChI is InChI=1S/C20H30N4O/c1-17-3-2-4-19(15-17)24-13-11-23(12-14-24)10-7-20(25)22-16-18-5-8-21-9-6-18/h2-5,15,21H,6-14,16H2,1H3,(H,22,25). The minimum atomic E-state index is 0.167. The van der Waals surface area contributed by atoms with E-state index in [0.717, 1.165) is 52.2 Å². The average Bonchev–Trinajstić information content (AvgIpc) is 2.66. The second-order valence-corrected chi connectivity index (χ2v) is 7.01. The van der Waals surface area contributed by atoms with Crippen molar-refractivity contribution in [2.75, 3.05) is 57.3 Å². The Morgan fingerprint density at radius 1 is 1.24 bits per heavy atom. The highest BCUT2D eigenvalue weighted by molar-refractivity contribution is 5.76. The fourth-order valence-electron chi connectivity index (χ4n) is 3.44.